The van der Waals surface area contributed by atoms with Crippen molar-refractivity contribution in [1.82, 2.24) is 4.57 Å². The van der Waals surface area contributed by atoms with Gasteiger partial charge in [0, 0.05) is 44.9 Å². The maximum absolute atomic E-state index is 3.27. The van der Waals surface area contributed by atoms with E-state index in [1.54, 1.807) is 0 Å². The molecule has 0 radical (unpaired) electrons. The highest BCUT2D eigenvalue weighted by molar-refractivity contribution is 7.21. The molecule has 2 aliphatic rings. The summed E-state index contributed by atoms with van der Waals surface area (Å²) in [6.07, 6.45) is 0. The molecule has 3 heterocycles. The number of anilines is 6. The molecule has 0 amide bonds. The van der Waals surface area contributed by atoms with Crippen molar-refractivity contribution in [2.45, 2.75) is 52.4 Å². The number of nitrogens with zero attached hydrogens (tertiary/aromatic N) is 3. The molecule has 0 saturated carbocycles. The summed E-state index contributed by atoms with van der Waals surface area (Å²) in [5, 5.41) is 13.1. The fourth-order valence-electron chi connectivity index (χ4n) is 15.7. The number of hydrogen-bond donors (Lipinski definition) is 0. The molecule has 0 unspecified atom stereocenters. The molecular formula is C86H72BN3Si2. The van der Waals surface area contributed by atoms with Gasteiger partial charge in [0.2, 0.25) is 0 Å². The molecule has 0 bridgehead atoms. The van der Waals surface area contributed by atoms with E-state index < -0.39 is 16.1 Å². The molecule has 16 rings (SSSR count). The molecule has 14 aromatic rings. The van der Waals surface area contributed by atoms with Crippen molar-refractivity contribution >= 4 is 137 Å². The highest BCUT2D eigenvalue weighted by Gasteiger charge is 2.50. The maximum atomic E-state index is 2.76. The Morgan fingerprint density at radius 2 is 0.685 bits per heavy atom. The molecule has 442 valence electrons. The Morgan fingerprint density at radius 1 is 0.272 bits per heavy atom. The second-order valence-corrected chi connectivity index (χ2v) is 34.8. The normalized spacial score (nSPS) is 13.0. The van der Waals surface area contributed by atoms with E-state index in [4.69, 9.17) is 0 Å². The summed E-state index contributed by atoms with van der Waals surface area (Å²) in [4.78, 5) is 5.37. The van der Waals surface area contributed by atoms with E-state index in [1.807, 2.05) is 0 Å². The van der Waals surface area contributed by atoms with Gasteiger partial charge in [-0.1, -0.05) is 315 Å². The molecule has 3 nitrogen and oxygen atoms in total. The van der Waals surface area contributed by atoms with E-state index in [0.717, 1.165) is 22.7 Å². The number of benzene rings is 13. The molecule has 2 aliphatic heterocycles. The van der Waals surface area contributed by atoms with Crippen LogP contribution in [0.15, 0.2) is 328 Å². The number of aromatic nitrogens is 1. The Morgan fingerprint density at radius 3 is 1.16 bits per heavy atom. The highest BCUT2D eigenvalue weighted by atomic mass is 28.3. The molecule has 0 fully saturated rings. The minimum absolute atomic E-state index is 0.0309. The predicted octanol–water partition coefficient (Wildman–Crippen LogP) is 14.2. The van der Waals surface area contributed by atoms with Gasteiger partial charge in [-0.05, 0) is 134 Å². The van der Waals surface area contributed by atoms with Crippen LogP contribution in [-0.2, 0) is 10.8 Å². The van der Waals surface area contributed by atoms with E-state index in [-0.39, 0.29) is 17.5 Å². The standard InChI is InChI=1S/C86H72BN3Si2/c1-85(2,3)61-49-52-63(53-50-61)88-78-56-51-62(86(4,5)6)57-75(78)87-74-55-54-71(91(65-31-13-7-14-32-65,66-33-15-8-16-34-66)67-35-17-9-18-36-67)60-80(74)90(82-59-64(58-81(88)84(82)87)89-76-45-27-25-43-72(76)73-44-26-28-46-77(73)89)79-47-29-30-48-83(79)92(68-37-19-10-20-38-68,69-39-21-11-22-40-69)70-41-23-12-24-42-70/h7-60H,1-6H3. The lowest BCUT2D eigenvalue weighted by molar-refractivity contribution is 0.590. The van der Waals surface area contributed by atoms with Gasteiger partial charge >= 0.3 is 0 Å². The molecule has 1 aromatic heterocycles. The smallest absolute Gasteiger partial charge is 0.252 e. The Kier molecular flexibility index (Phi) is 13.8. The van der Waals surface area contributed by atoms with Crippen LogP contribution in [0.5, 0.6) is 0 Å². The van der Waals surface area contributed by atoms with Crippen molar-refractivity contribution in [3.05, 3.63) is 339 Å². The zero-order valence-corrected chi connectivity index (χ0v) is 55.1. The molecular weight excluding hydrogens is 1140 g/mol. The van der Waals surface area contributed by atoms with Crippen molar-refractivity contribution in [3.63, 3.8) is 0 Å². The zero-order valence-electron chi connectivity index (χ0n) is 53.1. The fourth-order valence-corrected chi connectivity index (χ4v) is 25.4. The van der Waals surface area contributed by atoms with Crippen molar-refractivity contribution in [1.29, 1.82) is 0 Å². The lowest BCUT2D eigenvalue weighted by Crippen LogP contribution is -2.75. The first-order chi connectivity index (χ1) is 44.9. The number of fused-ring (bicyclic) bond motifs is 7. The van der Waals surface area contributed by atoms with Crippen molar-refractivity contribution in [2.24, 2.45) is 0 Å². The lowest BCUT2D eigenvalue weighted by atomic mass is 9.33. The van der Waals surface area contributed by atoms with Crippen LogP contribution >= 0.6 is 0 Å². The number of para-hydroxylation sites is 3. The Balaban J connectivity index is 1.11. The first kappa shape index (κ1) is 57.0. The molecule has 92 heavy (non-hydrogen) atoms. The third-order valence-electron chi connectivity index (χ3n) is 20.0. The monoisotopic (exact) mass is 1210 g/mol. The molecule has 0 spiro atoms. The molecule has 0 atom stereocenters. The van der Waals surface area contributed by atoms with Crippen molar-refractivity contribution < 1.29 is 0 Å². The predicted molar refractivity (Wildman–Crippen MR) is 399 cm³/mol. The van der Waals surface area contributed by atoms with Gasteiger partial charge in [0.15, 0.2) is 16.1 Å². The average Bonchev–Trinajstić information content (AvgIpc) is 0.693. The van der Waals surface area contributed by atoms with E-state index in [1.165, 1.54) is 108 Å². The summed E-state index contributed by atoms with van der Waals surface area (Å²) in [5.41, 5.74) is 16.8. The van der Waals surface area contributed by atoms with Crippen LogP contribution in [0.3, 0.4) is 0 Å². The van der Waals surface area contributed by atoms with E-state index in [0.29, 0.717) is 0 Å². The third-order valence-corrected chi connectivity index (χ3v) is 29.6. The van der Waals surface area contributed by atoms with Gasteiger partial charge in [-0.15, -0.1) is 0 Å². The topological polar surface area (TPSA) is 11.4 Å². The largest absolute Gasteiger partial charge is 0.311 e. The fraction of sp³-hybridized carbons (Fsp3) is 0.0930. The Labute approximate surface area is 544 Å². The zero-order chi connectivity index (χ0) is 62.3. The van der Waals surface area contributed by atoms with E-state index in [9.17, 15) is 0 Å². The second-order valence-electron chi connectivity index (χ2n) is 27.2. The lowest BCUT2D eigenvalue weighted by Gasteiger charge is -2.46. The van der Waals surface area contributed by atoms with Gasteiger partial charge < -0.3 is 14.4 Å². The summed E-state index contributed by atoms with van der Waals surface area (Å²) < 4.78 is 2.54. The van der Waals surface area contributed by atoms with Gasteiger partial charge in [-0.3, -0.25) is 0 Å². The number of hydrogen-bond acceptors (Lipinski definition) is 2. The van der Waals surface area contributed by atoms with Crippen LogP contribution in [0, 0.1) is 0 Å². The van der Waals surface area contributed by atoms with Gasteiger partial charge in [0.05, 0.1) is 16.7 Å². The summed E-state index contributed by atoms with van der Waals surface area (Å²) >= 11 is 0. The van der Waals surface area contributed by atoms with Gasteiger partial charge in [0.25, 0.3) is 6.71 Å². The number of rotatable bonds is 11. The van der Waals surface area contributed by atoms with Crippen LogP contribution < -0.4 is 67.7 Å². The Hall–Kier alpha value is -10.2. The summed E-state index contributed by atoms with van der Waals surface area (Å²) in [6.45, 7) is 13.9. The molecule has 0 saturated heterocycles. The quantitative estimate of drug-likeness (QED) is 0.0945. The van der Waals surface area contributed by atoms with Crippen LogP contribution in [0.2, 0.25) is 0 Å². The van der Waals surface area contributed by atoms with E-state index in [2.05, 4.69) is 383 Å². The van der Waals surface area contributed by atoms with Gasteiger partial charge in [-0.25, -0.2) is 0 Å². The minimum Gasteiger partial charge on any atom is -0.311 e. The summed E-state index contributed by atoms with van der Waals surface area (Å²) in [6, 6.07) is 126. The van der Waals surface area contributed by atoms with Crippen LogP contribution in [0.4, 0.5) is 34.1 Å². The molecule has 0 aliphatic carbocycles. The van der Waals surface area contributed by atoms with E-state index >= 15 is 0 Å². The molecule has 0 N–H and O–H groups in total. The summed E-state index contributed by atoms with van der Waals surface area (Å²) in [7, 11) is -6.41. The van der Waals surface area contributed by atoms with Crippen LogP contribution in [-0.4, -0.2) is 27.4 Å². The van der Waals surface area contributed by atoms with Crippen molar-refractivity contribution in [3.8, 4) is 5.69 Å². The Bertz CT molecular complexity index is 4810. The SMILES string of the molecule is CC(C)(C)c1ccc(N2c3ccc(C(C)(C)C)cc3B3c4ccc([Si](c5ccccc5)(c5ccccc5)c5ccccc5)cc4N(c4ccccc4[Si](c4ccccc4)(c4ccccc4)c4ccccc4)c4cc(-n5c6ccccc6c6ccccc65)cc2c43)cc1. The van der Waals surface area contributed by atoms with Gasteiger partial charge in [-0.2, -0.15) is 0 Å². The average molecular weight is 1210 g/mol. The van der Waals surface area contributed by atoms with Gasteiger partial charge in [0.1, 0.15) is 0 Å². The molecule has 13 aromatic carbocycles. The minimum atomic E-state index is -3.27. The third kappa shape index (κ3) is 8.98. The second kappa shape index (κ2) is 22.3. The van der Waals surface area contributed by atoms with Crippen LogP contribution in [0.1, 0.15) is 52.7 Å². The maximum Gasteiger partial charge on any atom is 0.252 e. The first-order valence-electron chi connectivity index (χ1n) is 32.5. The summed E-state index contributed by atoms with van der Waals surface area (Å²) in [5.74, 6) is 0. The van der Waals surface area contributed by atoms with Crippen LogP contribution in [0.25, 0.3) is 27.5 Å². The highest BCUT2D eigenvalue weighted by Crippen LogP contribution is 2.47. The molecule has 6 heteroatoms. The van der Waals surface area contributed by atoms with Crippen molar-refractivity contribution in [2.75, 3.05) is 9.80 Å². The first-order valence-corrected chi connectivity index (χ1v) is 36.5.